The van der Waals surface area contributed by atoms with Gasteiger partial charge in [0.05, 0.1) is 12.7 Å². The van der Waals surface area contributed by atoms with Gasteiger partial charge < -0.3 is 9.47 Å². The van der Waals surface area contributed by atoms with E-state index in [1.54, 1.807) is 12.1 Å². The quantitative estimate of drug-likeness (QED) is 0.734. The van der Waals surface area contributed by atoms with Gasteiger partial charge in [-0.3, -0.25) is 4.90 Å². The van der Waals surface area contributed by atoms with Crippen LogP contribution in [0.5, 0.6) is 5.75 Å². The molecule has 0 N–H and O–H groups in total. The van der Waals surface area contributed by atoms with E-state index in [4.69, 9.17) is 4.74 Å². The number of halogens is 3. The Bertz CT molecular complexity index is 666. The number of rotatable bonds is 5. The first-order valence-corrected chi connectivity index (χ1v) is 8.52. The lowest BCUT2D eigenvalue weighted by molar-refractivity contribution is -0.0499. The molecule has 0 saturated carbocycles. The largest absolute Gasteiger partial charge is 0.435 e. The fourth-order valence-electron chi connectivity index (χ4n) is 2.79. The first-order chi connectivity index (χ1) is 11.6. The lowest BCUT2D eigenvalue weighted by Gasteiger charge is -2.33. The summed E-state index contributed by atoms with van der Waals surface area (Å²) in [5.74, 6) is 0.183. The smallest absolute Gasteiger partial charge is 0.387 e. The predicted octanol–water partition coefficient (Wildman–Crippen LogP) is 4.62. The number of alkyl halides is 2. The zero-order chi connectivity index (χ0) is 16.9. The first-order valence-electron chi connectivity index (χ1n) is 7.73. The van der Waals surface area contributed by atoms with Crippen LogP contribution in [0.15, 0.2) is 53.0 Å². The Labute approximate surface area is 148 Å². The Morgan fingerprint density at radius 3 is 2.71 bits per heavy atom. The summed E-state index contributed by atoms with van der Waals surface area (Å²) in [4.78, 5) is 2.30. The van der Waals surface area contributed by atoms with Crippen LogP contribution in [0.2, 0.25) is 0 Å². The van der Waals surface area contributed by atoms with Crippen molar-refractivity contribution in [3.63, 3.8) is 0 Å². The third-order valence-electron chi connectivity index (χ3n) is 3.93. The molecule has 0 aromatic heterocycles. The molecule has 0 bridgehead atoms. The summed E-state index contributed by atoms with van der Waals surface area (Å²) in [7, 11) is 0. The van der Waals surface area contributed by atoms with Crippen LogP contribution in [0.3, 0.4) is 0 Å². The van der Waals surface area contributed by atoms with E-state index in [2.05, 4.69) is 37.7 Å². The average molecular weight is 398 g/mol. The van der Waals surface area contributed by atoms with E-state index < -0.39 is 6.61 Å². The zero-order valence-electron chi connectivity index (χ0n) is 13.0. The van der Waals surface area contributed by atoms with Crippen LogP contribution in [-0.2, 0) is 11.3 Å². The maximum Gasteiger partial charge on any atom is 0.387 e. The second kappa shape index (κ2) is 8.05. The molecule has 1 fully saturated rings. The van der Waals surface area contributed by atoms with E-state index in [-0.39, 0.29) is 11.9 Å². The molecule has 3 rings (SSSR count). The molecule has 0 spiro atoms. The average Bonchev–Trinajstić information content (AvgIpc) is 2.56. The van der Waals surface area contributed by atoms with Gasteiger partial charge in [-0.15, -0.1) is 0 Å². The Balaban J connectivity index is 1.61. The third kappa shape index (κ3) is 4.75. The molecule has 1 aliphatic rings. The van der Waals surface area contributed by atoms with Gasteiger partial charge in [0.25, 0.3) is 0 Å². The molecule has 128 valence electrons. The highest BCUT2D eigenvalue weighted by Crippen LogP contribution is 2.26. The molecule has 24 heavy (non-hydrogen) atoms. The van der Waals surface area contributed by atoms with Gasteiger partial charge in [-0.2, -0.15) is 8.78 Å². The molecule has 2 aromatic carbocycles. The van der Waals surface area contributed by atoms with E-state index in [9.17, 15) is 8.78 Å². The molecule has 0 amide bonds. The van der Waals surface area contributed by atoms with Crippen LogP contribution in [0.4, 0.5) is 8.78 Å². The summed E-state index contributed by atoms with van der Waals surface area (Å²) in [6.07, 6.45) is 0.0395. The van der Waals surface area contributed by atoms with Crippen molar-refractivity contribution in [2.24, 2.45) is 0 Å². The topological polar surface area (TPSA) is 21.7 Å². The number of hydrogen-bond acceptors (Lipinski definition) is 3. The normalized spacial score (nSPS) is 18.8. The molecule has 0 radical (unpaired) electrons. The molecule has 2 aromatic rings. The second-order valence-corrected chi connectivity index (χ2v) is 6.59. The van der Waals surface area contributed by atoms with Crippen molar-refractivity contribution in [3.05, 3.63) is 64.1 Å². The first kappa shape index (κ1) is 17.3. The molecule has 1 aliphatic heterocycles. The molecule has 0 aliphatic carbocycles. The maximum atomic E-state index is 12.2. The van der Waals surface area contributed by atoms with Gasteiger partial charge in [0.15, 0.2) is 0 Å². The number of benzene rings is 2. The maximum absolute atomic E-state index is 12.2. The van der Waals surface area contributed by atoms with Crippen LogP contribution < -0.4 is 4.74 Å². The summed E-state index contributed by atoms with van der Waals surface area (Å²) in [5, 5.41) is 0. The number of ether oxygens (including phenoxy) is 2. The zero-order valence-corrected chi connectivity index (χ0v) is 14.6. The SMILES string of the molecule is FC(F)Oc1ccc(CN2CCOC(c3cccc(Br)c3)C2)cc1. The predicted molar refractivity (Wildman–Crippen MR) is 91.2 cm³/mol. The van der Waals surface area contributed by atoms with Crippen molar-refractivity contribution in [3.8, 4) is 5.75 Å². The van der Waals surface area contributed by atoms with Gasteiger partial charge in [0.2, 0.25) is 0 Å². The standard InChI is InChI=1S/C18H18BrF2NO2/c19-15-3-1-2-14(10-15)17-12-22(8-9-23-17)11-13-4-6-16(7-5-13)24-18(20)21/h1-7,10,17-18H,8-9,11-12H2. The van der Waals surface area contributed by atoms with E-state index in [1.807, 2.05) is 24.3 Å². The summed E-state index contributed by atoms with van der Waals surface area (Å²) < 4.78 is 35.7. The van der Waals surface area contributed by atoms with E-state index >= 15 is 0 Å². The van der Waals surface area contributed by atoms with Crippen molar-refractivity contribution in [1.82, 2.24) is 4.90 Å². The third-order valence-corrected chi connectivity index (χ3v) is 4.42. The Kier molecular flexibility index (Phi) is 5.81. The van der Waals surface area contributed by atoms with Crippen LogP contribution in [0.1, 0.15) is 17.2 Å². The van der Waals surface area contributed by atoms with Gasteiger partial charge in [-0.05, 0) is 35.4 Å². The number of hydrogen-bond donors (Lipinski definition) is 0. The van der Waals surface area contributed by atoms with Crippen molar-refractivity contribution in [1.29, 1.82) is 0 Å². The molecular weight excluding hydrogens is 380 g/mol. The molecule has 1 atom stereocenters. The molecule has 1 saturated heterocycles. The summed E-state index contributed by atoms with van der Waals surface area (Å²) in [5.41, 5.74) is 2.21. The monoisotopic (exact) mass is 397 g/mol. The fourth-order valence-corrected chi connectivity index (χ4v) is 3.21. The van der Waals surface area contributed by atoms with Crippen molar-refractivity contribution < 1.29 is 18.3 Å². The van der Waals surface area contributed by atoms with Gasteiger partial charge >= 0.3 is 6.61 Å². The van der Waals surface area contributed by atoms with Gasteiger partial charge in [-0.1, -0.05) is 40.2 Å². The summed E-state index contributed by atoms with van der Waals surface area (Å²) in [6, 6.07) is 14.9. The highest BCUT2D eigenvalue weighted by molar-refractivity contribution is 9.10. The number of morpholine rings is 1. The molecule has 1 heterocycles. The highest BCUT2D eigenvalue weighted by atomic mass is 79.9. The lowest BCUT2D eigenvalue weighted by Crippen LogP contribution is -2.37. The minimum absolute atomic E-state index is 0.0395. The lowest BCUT2D eigenvalue weighted by atomic mass is 10.1. The molecule has 1 unspecified atom stereocenters. The second-order valence-electron chi connectivity index (χ2n) is 5.67. The van der Waals surface area contributed by atoms with E-state index in [0.717, 1.165) is 35.2 Å². The van der Waals surface area contributed by atoms with Crippen LogP contribution in [0.25, 0.3) is 0 Å². The van der Waals surface area contributed by atoms with Gasteiger partial charge in [-0.25, -0.2) is 0 Å². The van der Waals surface area contributed by atoms with Crippen molar-refractivity contribution >= 4 is 15.9 Å². The van der Waals surface area contributed by atoms with Crippen LogP contribution in [-0.4, -0.2) is 31.2 Å². The number of nitrogens with zero attached hydrogens (tertiary/aromatic N) is 1. The minimum Gasteiger partial charge on any atom is -0.435 e. The molecule has 3 nitrogen and oxygen atoms in total. The Hall–Kier alpha value is -1.50. The molecular formula is C18H18BrF2NO2. The van der Waals surface area contributed by atoms with Crippen LogP contribution in [0, 0.1) is 0 Å². The fraction of sp³-hybridized carbons (Fsp3) is 0.333. The Morgan fingerprint density at radius 2 is 2.00 bits per heavy atom. The van der Waals surface area contributed by atoms with E-state index in [1.165, 1.54) is 0 Å². The van der Waals surface area contributed by atoms with Gasteiger partial charge in [0, 0.05) is 24.1 Å². The van der Waals surface area contributed by atoms with Crippen molar-refractivity contribution in [2.75, 3.05) is 19.7 Å². The van der Waals surface area contributed by atoms with Gasteiger partial charge in [0.1, 0.15) is 5.75 Å². The summed E-state index contributed by atoms with van der Waals surface area (Å²) >= 11 is 3.49. The van der Waals surface area contributed by atoms with Crippen molar-refractivity contribution in [2.45, 2.75) is 19.3 Å². The van der Waals surface area contributed by atoms with Crippen LogP contribution >= 0.6 is 15.9 Å². The summed E-state index contributed by atoms with van der Waals surface area (Å²) in [6.45, 7) is 0.277. The highest BCUT2D eigenvalue weighted by Gasteiger charge is 2.22. The van der Waals surface area contributed by atoms with E-state index in [0.29, 0.717) is 6.61 Å². The minimum atomic E-state index is -2.79. The Morgan fingerprint density at radius 1 is 1.21 bits per heavy atom. The molecule has 6 heteroatoms.